The quantitative estimate of drug-likeness (QED) is 0.780. The van der Waals surface area contributed by atoms with Crippen LogP contribution in [0.5, 0.6) is 5.75 Å². The Labute approximate surface area is 126 Å². The first-order valence-electron chi connectivity index (χ1n) is 6.69. The van der Waals surface area contributed by atoms with E-state index in [2.05, 4.69) is 4.98 Å². The summed E-state index contributed by atoms with van der Waals surface area (Å²) in [7, 11) is 0. The Bertz CT molecular complexity index is 780. The number of rotatable bonds is 3. The highest BCUT2D eigenvalue weighted by Crippen LogP contribution is 2.31. The van der Waals surface area contributed by atoms with Crippen LogP contribution >= 0.6 is 0 Å². The smallest absolute Gasteiger partial charge is 0.139 e. The molecule has 0 aliphatic carbocycles. The fraction of sp³-hybridized carbons (Fsp3) is 0. The van der Waals surface area contributed by atoms with Gasteiger partial charge in [0.2, 0.25) is 0 Å². The number of phenolic OH excluding ortho intramolecular Hbond substituents is 1. The van der Waals surface area contributed by atoms with Crippen LogP contribution < -0.4 is 0 Å². The fourth-order valence-corrected chi connectivity index (χ4v) is 2.20. The zero-order chi connectivity index (χ0) is 15.5. The maximum Gasteiger partial charge on any atom is 0.139 e. The molecular weight excluding hydrogens is 284 g/mol. The van der Waals surface area contributed by atoms with Crippen LogP contribution in [-0.4, -0.2) is 10.1 Å². The number of halogens is 2. The zero-order valence-electron chi connectivity index (χ0n) is 11.5. The van der Waals surface area contributed by atoms with E-state index < -0.39 is 17.4 Å². The first-order valence-corrected chi connectivity index (χ1v) is 6.69. The van der Waals surface area contributed by atoms with Crippen LogP contribution in [0.4, 0.5) is 8.78 Å². The van der Waals surface area contributed by atoms with E-state index in [9.17, 15) is 13.9 Å². The first-order chi connectivity index (χ1) is 10.6. The van der Waals surface area contributed by atoms with Crippen LogP contribution in [-0.2, 0) is 0 Å². The van der Waals surface area contributed by atoms with Crippen LogP contribution in [0.15, 0.2) is 60.7 Å². The van der Waals surface area contributed by atoms with Crippen molar-refractivity contribution in [2.24, 2.45) is 0 Å². The second-order valence-electron chi connectivity index (χ2n) is 4.78. The Morgan fingerprint density at radius 2 is 1.68 bits per heavy atom. The molecule has 0 atom stereocenters. The summed E-state index contributed by atoms with van der Waals surface area (Å²) in [5, 5.41) is 9.78. The highest BCUT2D eigenvalue weighted by atomic mass is 19.1. The molecule has 4 heteroatoms. The molecule has 3 aromatic rings. The van der Waals surface area contributed by atoms with Crippen molar-refractivity contribution in [2.75, 3.05) is 0 Å². The zero-order valence-corrected chi connectivity index (χ0v) is 11.5. The summed E-state index contributed by atoms with van der Waals surface area (Å²) < 4.78 is 27.0. The van der Waals surface area contributed by atoms with Gasteiger partial charge in [0.15, 0.2) is 0 Å². The lowest BCUT2D eigenvalue weighted by atomic mass is 10.1. The second kappa shape index (κ2) is 5.93. The number of aromatic hydroxyl groups is 1. The summed E-state index contributed by atoms with van der Waals surface area (Å²) in [6.45, 7) is 0. The number of nitrogens with zero attached hydrogens (tertiary/aromatic N) is 1. The van der Waals surface area contributed by atoms with Gasteiger partial charge in [-0.05, 0) is 17.7 Å². The van der Waals surface area contributed by atoms with E-state index in [4.69, 9.17) is 0 Å². The predicted octanol–water partition coefficient (Wildman–Crippen LogP) is 4.33. The average Bonchev–Trinajstić information content (AvgIpc) is 2.47. The van der Waals surface area contributed by atoms with Crippen LogP contribution in [0, 0.1) is 18.1 Å². The minimum atomic E-state index is -0.845. The molecule has 2 aromatic carbocycles. The lowest BCUT2D eigenvalue weighted by Gasteiger charge is -2.08. The van der Waals surface area contributed by atoms with Crippen LogP contribution in [0.3, 0.4) is 0 Å². The third-order valence-corrected chi connectivity index (χ3v) is 3.18. The van der Waals surface area contributed by atoms with Gasteiger partial charge in [-0.3, -0.25) is 4.98 Å². The van der Waals surface area contributed by atoms with Gasteiger partial charge in [-0.25, -0.2) is 8.78 Å². The Balaban J connectivity index is 1.98. The lowest BCUT2D eigenvalue weighted by molar-refractivity contribution is 0.463. The number of hydrogen-bond acceptors (Lipinski definition) is 2. The SMILES string of the molecule is Oc1cc(F)cc(F)c1-c1cccc([CH]c2ccccc2)n1. The molecule has 109 valence electrons. The number of aromatic nitrogens is 1. The molecule has 0 unspecified atom stereocenters. The van der Waals surface area contributed by atoms with Gasteiger partial charge in [0.1, 0.15) is 17.4 Å². The molecular formula is C18H12F2NO. The van der Waals surface area contributed by atoms with Gasteiger partial charge in [0.05, 0.1) is 11.3 Å². The molecule has 1 radical (unpaired) electrons. The Hall–Kier alpha value is -2.75. The first kappa shape index (κ1) is 14.2. The van der Waals surface area contributed by atoms with Crippen molar-refractivity contribution in [3.05, 3.63) is 90.0 Å². The van der Waals surface area contributed by atoms with Gasteiger partial charge in [-0.2, -0.15) is 0 Å². The van der Waals surface area contributed by atoms with E-state index >= 15 is 0 Å². The van der Waals surface area contributed by atoms with Crippen molar-refractivity contribution in [1.82, 2.24) is 4.98 Å². The molecule has 0 saturated carbocycles. The van der Waals surface area contributed by atoms with E-state index in [1.165, 1.54) is 0 Å². The number of benzene rings is 2. The monoisotopic (exact) mass is 296 g/mol. The molecule has 22 heavy (non-hydrogen) atoms. The van der Waals surface area contributed by atoms with Crippen LogP contribution in [0.1, 0.15) is 11.3 Å². The molecule has 0 aliphatic heterocycles. The van der Waals surface area contributed by atoms with Crippen molar-refractivity contribution in [1.29, 1.82) is 0 Å². The summed E-state index contributed by atoms with van der Waals surface area (Å²) in [4.78, 5) is 4.31. The fourth-order valence-electron chi connectivity index (χ4n) is 2.20. The maximum atomic E-state index is 13.9. The molecule has 0 bridgehead atoms. The minimum Gasteiger partial charge on any atom is -0.507 e. The third-order valence-electron chi connectivity index (χ3n) is 3.18. The summed E-state index contributed by atoms with van der Waals surface area (Å²) in [5.74, 6) is -2.14. The number of phenols is 1. The van der Waals surface area contributed by atoms with Crippen molar-refractivity contribution < 1.29 is 13.9 Å². The van der Waals surface area contributed by atoms with E-state index in [1.54, 1.807) is 18.2 Å². The molecule has 0 saturated heterocycles. The predicted molar refractivity (Wildman–Crippen MR) is 80.2 cm³/mol. The van der Waals surface area contributed by atoms with E-state index in [0.717, 1.165) is 17.7 Å². The molecule has 0 fully saturated rings. The van der Waals surface area contributed by atoms with Crippen molar-refractivity contribution in [3.63, 3.8) is 0 Å². The molecule has 1 heterocycles. The standard InChI is InChI=1S/C18H12F2NO/c19-13-10-15(20)18(17(22)11-13)16-8-4-7-14(21-16)9-12-5-2-1-3-6-12/h1-11,22H. The van der Waals surface area contributed by atoms with Crippen LogP contribution in [0.25, 0.3) is 11.3 Å². The van der Waals surface area contributed by atoms with Crippen LogP contribution in [0.2, 0.25) is 0 Å². The van der Waals surface area contributed by atoms with Gasteiger partial charge in [0, 0.05) is 24.2 Å². The van der Waals surface area contributed by atoms with Gasteiger partial charge in [-0.1, -0.05) is 36.4 Å². The lowest BCUT2D eigenvalue weighted by Crippen LogP contribution is -1.95. The molecule has 0 spiro atoms. The van der Waals surface area contributed by atoms with E-state index in [-0.39, 0.29) is 11.3 Å². The summed E-state index contributed by atoms with van der Waals surface area (Å²) in [6.07, 6.45) is 1.84. The Morgan fingerprint density at radius 1 is 0.909 bits per heavy atom. The van der Waals surface area contributed by atoms with Gasteiger partial charge < -0.3 is 5.11 Å². The molecule has 1 aromatic heterocycles. The van der Waals surface area contributed by atoms with Crippen molar-refractivity contribution in [3.8, 4) is 17.0 Å². The summed E-state index contributed by atoms with van der Waals surface area (Å²) in [6, 6.07) is 16.2. The Kier molecular flexibility index (Phi) is 3.83. The van der Waals surface area contributed by atoms with E-state index in [1.807, 2.05) is 36.8 Å². The van der Waals surface area contributed by atoms with Gasteiger partial charge >= 0.3 is 0 Å². The minimum absolute atomic E-state index is 0.107. The average molecular weight is 296 g/mol. The summed E-state index contributed by atoms with van der Waals surface area (Å²) >= 11 is 0. The Morgan fingerprint density at radius 3 is 2.41 bits per heavy atom. The number of pyridine rings is 1. The van der Waals surface area contributed by atoms with Crippen molar-refractivity contribution >= 4 is 0 Å². The van der Waals surface area contributed by atoms with Gasteiger partial charge in [-0.15, -0.1) is 0 Å². The van der Waals surface area contributed by atoms with Gasteiger partial charge in [0.25, 0.3) is 0 Å². The van der Waals surface area contributed by atoms with E-state index in [0.29, 0.717) is 5.69 Å². The highest BCUT2D eigenvalue weighted by Gasteiger charge is 2.14. The molecule has 0 amide bonds. The topological polar surface area (TPSA) is 33.1 Å². The number of hydrogen-bond donors (Lipinski definition) is 1. The molecule has 1 N–H and O–H groups in total. The second-order valence-corrected chi connectivity index (χ2v) is 4.78. The highest BCUT2D eigenvalue weighted by molar-refractivity contribution is 5.67. The molecule has 0 aliphatic rings. The summed E-state index contributed by atoms with van der Waals surface area (Å²) in [5.41, 5.74) is 1.71. The molecule has 2 nitrogen and oxygen atoms in total. The third kappa shape index (κ3) is 2.96. The normalized spacial score (nSPS) is 10.6. The maximum absolute atomic E-state index is 13.9. The van der Waals surface area contributed by atoms with Crippen molar-refractivity contribution in [2.45, 2.75) is 0 Å². The largest absolute Gasteiger partial charge is 0.507 e. The molecule has 3 rings (SSSR count).